The lowest BCUT2D eigenvalue weighted by Gasteiger charge is -2.31. The molecule has 0 aliphatic rings. The van der Waals surface area contributed by atoms with Crippen LogP contribution in [0.15, 0.2) is 121 Å². The summed E-state index contributed by atoms with van der Waals surface area (Å²) in [5, 5.41) is 3.07. The van der Waals surface area contributed by atoms with Crippen molar-refractivity contribution in [3.8, 4) is 0 Å². The van der Waals surface area contributed by atoms with Crippen molar-refractivity contribution in [2.75, 3.05) is 0 Å². The van der Waals surface area contributed by atoms with E-state index in [9.17, 15) is 9.59 Å². The molecule has 0 unspecified atom stereocenters. The Bertz CT molecular complexity index is 1200. The second-order valence-electron chi connectivity index (χ2n) is 8.58. The van der Waals surface area contributed by atoms with Gasteiger partial charge in [-0.2, -0.15) is 0 Å². The van der Waals surface area contributed by atoms with Gasteiger partial charge in [-0.3, -0.25) is 9.59 Å². The zero-order chi connectivity index (χ0) is 24.3. The molecule has 1 N–H and O–H groups in total. The van der Waals surface area contributed by atoms with Gasteiger partial charge in [-0.15, -0.1) is 0 Å². The molecule has 4 nitrogen and oxygen atoms in total. The molecule has 176 valence electrons. The van der Waals surface area contributed by atoms with E-state index in [1.54, 1.807) is 4.90 Å². The van der Waals surface area contributed by atoms with Crippen LogP contribution in [0.2, 0.25) is 0 Å². The van der Waals surface area contributed by atoms with Crippen molar-refractivity contribution < 1.29 is 9.59 Å². The standard InChI is InChI=1S/C31H30N2O2/c34-30(22-26-15-7-2-8-16-26)33(24-28-19-11-4-12-20-28)29(21-25-13-5-1-6-14-25)31(35)32-23-27-17-9-3-10-18-27/h1-20,29H,21-24H2,(H,32,35)/t29-/m0/s1. The molecule has 0 heterocycles. The largest absolute Gasteiger partial charge is 0.350 e. The van der Waals surface area contributed by atoms with E-state index in [-0.39, 0.29) is 18.2 Å². The molecule has 1 atom stereocenters. The fraction of sp³-hybridized carbons (Fsp3) is 0.161. The minimum atomic E-state index is -0.641. The molecule has 0 saturated carbocycles. The van der Waals surface area contributed by atoms with Crippen LogP contribution >= 0.6 is 0 Å². The monoisotopic (exact) mass is 462 g/mol. The molecule has 0 spiro atoms. The number of carbonyl (C=O) groups is 2. The van der Waals surface area contributed by atoms with Crippen molar-refractivity contribution in [3.05, 3.63) is 144 Å². The summed E-state index contributed by atoms with van der Waals surface area (Å²) in [6.07, 6.45) is 0.680. The molecule has 0 bridgehead atoms. The number of hydrogen-bond donors (Lipinski definition) is 1. The summed E-state index contributed by atoms with van der Waals surface area (Å²) in [5.74, 6) is -0.231. The summed E-state index contributed by atoms with van der Waals surface area (Å²) in [7, 11) is 0. The van der Waals surface area contributed by atoms with Gasteiger partial charge in [0.2, 0.25) is 11.8 Å². The van der Waals surface area contributed by atoms with Crippen molar-refractivity contribution in [1.29, 1.82) is 0 Å². The summed E-state index contributed by atoms with van der Waals surface area (Å²) >= 11 is 0. The van der Waals surface area contributed by atoms with E-state index in [2.05, 4.69) is 5.32 Å². The minimum Gasteiger partial charge on any atom is -0.350 e. The Morgan fingerprint density at radius 2 is 1.06 bits per heavy atom. The van der Waals surface area contributed by atoms with Crippen LogP contribution in [0, 0.1) is 0 Å². The smallest absolute Gasteiger partial charge is 0.243 e. The molecule has 0 radical (unpaired) electrons. The first-order valence-electron chi connectivity index (χ1n) is 11.9. The molecule has 4 heteroatoms. The number of hydrogen-bond acceptors (Lipinski definition) is 2. The van der Waals surface area contributed by atoms with Crippen molar-refractivity contribution >= 4 is 11.8 Å². The average Bonchev–Trinajstić information content (AvgIpc) is 2.91. The van der Waals surface area contributed by atoms with Crippen LogP contribution in [-0.4, -0.2) is 22.8 Å². The van der Waals surface area contributed by atoms with Gasteiger partial charge in [-0.25, -0.2) is 0 Å². The molecule has 4 aromatic carbocycles. The third kappa shape index (κ3) is 7.15. The van der Waals surface area contributed by atoms with Gasteiger partial charge >= 0.3 is 0 Å². The maximum Gasteiger partial charge on any atom is 0.243 e. The normalized spacial score (nSPS) is 11.4. The molecule has 4 rings (SSSR count). The summed E-state index contributed by atoms with van der Waals surface area (Å²) in [6, 6.07) is 38.6. The quantitative estimate of drug-likeness (QED) is 0.353. The third-order valence-electron chi connectivity index (χ3n) is 5.97. The Balaban J connectivity index is 1.62. The Hall–Kier alpha value is -4.18. The van der Waals surface area contributed by atoms with Gasteiger partial charge in [0, 0.05) is 19.5 Å². The van der Waals surface area contributed by atoms with E-state index >= 15 is 0 Å². The molecule has 2 amide bonds. The molecular formula is C31H30N2O2. The van der Waals surface area contributed by atoms with E-state index in [4.69, 9.17) is 0 Å². The SMILES string of the molecule is O=C(NCc1ccccc1)[C@H](Cc1ccccc1)N(Cc1ccccc1)C(=O)Cc1ccccc1. The van der Waals surface area contributed by atoms with Crippen LogP contribution in [0.4, 0.5) is 0 Å². The molecular weight excluding hydrogens is 432 g/mol. The molecule has 0 fully saturated rings. The highest BCUT2D eigenvalue weighted by Crippen LogP contribution is 2.17. The van der Waals surface area contributed by atoms with Crippen LogP contribution in [0.1, 0.15) is 22.3 Å². The van der Waals surface area contributed by atoms with Gasteiger partial charge < -0.3 is 10.2 Å². The number of benzene rings is 4. The van der Waals surface area contributed by atoms with Crippen LogP contribution in [0.5, 0.6) is 0 Å². The van der Waals surface area contributed by atoms with Gasteiger partial charge in [0.25, 0.3) is 0 Å². The van der Waals surface area contributed by atoms with E-state index < -0.39 is 6.04 Å². The maximum absolute atomic E-state index is 13.7. The summed E-state index contributed by atoms with van der Waals surface area (Å²) < 4.78 is 0. The lowest BCUT2D eigenvalue weighted by molar-refractivity contribution is -0.140. The van der Waals surface area contributed by atoms with Crippen LogP contribution < -0.4 is 5.32 Å². The predicted octanol–water partition coefficient (Wildman–Crippen LogP) is 5.19. The lowest BCUT2D eigenvalue weighted by atomic mass is 10.0. The highest BCUT2D eigenvalue weighted by Gasteiger charge is 2.30. The highest BCUT2D eigenvalue weighted by atomic mass is 16.2. The van der Waals surface area contributed by atoms with Crippen molar-refractivity contribution in [1.82, 2.24) is 10.2 Å². The lowest BCUT2D eigenvalue weighted by Crippen LogP contribution is -2.50. The Morgan fingerprint density at radius 3 is 1.60 bits per heavy atom. The Labute approximate surface area is 207 Å². The van der Waals surface area contributed by atoms with Crippen LogP contribution in [0.3, 0.4) is 0 Å². The average molecular weight is 463 g/mol. The molecule has 35 heavy (non-hydrogen) atoms. The zero-order valence-corrected chi connectivity index (χ0v) is 19.7. The number of nitrogens with one attached hydrogen (secondary N) is 1. The first kappa shape index (κ1) is 24.0. The molecule has 4 aromatic rings. The Morgan fingerprint density at radius 1 is 0.600 bits per heavy atom. The number of nitrogens with zero attached hydrogens (tertiary/aromatic N) is 1. The minimum absolute atomic E-state index is 0.0733. The van der Waals surface area contributed by atoms with Crippen LogP contribution in [-0.2, 0) is 35.5 Å². The number of amides is 2. The van der Waals surface area contributed by atoms with Gasteiger partial charge in [0.1, 0.15) is 6.04 Å². The highest BCUT2D eigenvalue weighted by molar-refractivity contribution is 5.88. The van der Waals surface area contributed by atoms with E-state index in [1.165, 1.54) is 0 Å². The number of rotatable bonds is 10. The molecule has 0 aliphatic carbocycles. The summed E-state index contributed by atoms with van der Waals surface area (Å²) in [5.41, 5.74) is 3.95. The number of carbonyl (C=O) groups excluding carboxylic acids is 2. The Kier molecular flexibility index (Phi) is 8.44. The van der Waals surface area contributed by atoms with Crippen LogP contribution in [0.25, 0.3) is 0 Å². The predicted molar refractivity (Wildman–Crippen MR) is 139 cm³/mol. The van der Waals surface area contributed by atoms with E-state index in [1.807, 2.05) is 121 Å². The van der Waals surface area contributed by atoms with Gasteiger partial charge in [-0.1, -0.05) is 121 Å². The van der Waals surface area contributed by atoms with Gasteiger partial charge in [0.05, 0.1) is 6.42 Å². The van der Waals surface area contributed by atoms with Crippen molar-refractivity contribution in [2.45, 2.75) is 32.0 Å². The zero-order valence-electron chi connectivity index (χ0n) is 19.7. The molecule has 0 saturated heterocycles. The van der Waals surface area contributed by atoms with E-state index in [0.29, 0.717) is 19.5 Å². The van der Waals surface area contributed by atoms with E-state index in [0.717, 1.165) is 22.3 Å². The van der Waals surface area contributed by atoms with Gasteiger partial charge in [-0.05, 0) is 22.3 Å². The fourth-order valence-electron chi connectivity index (χ4n) is 4.11. The second kappa shape index (κ2) is 12.3. The third-order valence-corrected chi connectivity index (χ3v) is 5.97. The fourth-order valence-corrected chi connectivity index (χ4v) is 4.11. The summed E-state index contributed by atoms with van der Waals surface area (Å²) in [4.78, 5) is 29.0. The first-order valence-corrected chi connectivity index (χ1v) is 11.9. The second-order valence-corrected chi connectivity index (χ2v) is 8.58. The van der Waals surface area contributed by atoms with Gasteiger partial charge in [0.15, 0.2) is 0 Å². The first-order chi connectivity index (χ1) is 17.2. The summed E-state index contributed by atoms with van der Waals surface area (Å²) in [6.45, 7) is 0.778. The van der Waals surface area contributed by atoms with Crippen molar-refractivity contribution in [3.63, 3.8) is 0 Å². The van der Waals surface area contributed by atoms with Crippen molar-refractivity contribution in [2.24, 2.45) is 0 Å². The molecule has 0 aliphatic heterocycles. The topological polar surface area (TPSA) is 49.4 Å². The maximum atomic E-state index is 13.7. The molecule has 0 aromatic heterocycles.